The lowest BCUT2D eigenvalue weighted by Crippen LogP contribution is -2.49. The highest BCUT2D eigenvalue weighted by Gasteiger charge is 2.31. The van der Waals surface area contributed by atoms with Gasteiger partial charge >= 0.3 is 0 Å². The van der Waals surface area contributed by atoms with Crippen LogP contribution in [0, 0.1) is 6.92 Å². The van der Waals surface area contributed by atoms with E-state index < -0.39 is 0 Å². The maximum absolute atomic E-state index is 12.5. The molecule has 0 aliphatic carbocycles. The molecule has 5 heteroatoms. The van der Waals surface area contributed by atoms with E-state index in [1.165, 1.54) is 5.56 Å². The van der Waals surface area contributed by atoms with Crippen molar-refractivity contribution in [2.75, 3.05) is 26.8 Å². The lowest BCUT2D eigenvalue weighted by atomic mass is 10.0. The molecule has 0 saturated carbocycles. The Morgan fingerprint density at radius 2 is 2.23 bits per heavy atom. The third-order valence-corrected chi connectivity index (χ3v) is 4.29. The van der Waals surface area contributed by atoms with Crippen molar-refractivity contribution in [3.63, 3.8) is 0 Å². The van der Waals surface area contributed by atoms with E-state index in [0.29, 0.717) is 26.1 Å². The van der Waals surface area contributed by atoms with Crippen LogP contribution in [0.2, 0.25) is 0 Å². The van der Waals surface area contributed by atoms with Crippen LogP contribution in [0.1, 0.15) is 30.6 Å². The van der Waals surface area contributed by atoms with Crippen LogP contribution in [-0.2, 0) is 14.3 Å². The minimum absolute atomic E-state index is 0.0692. The lowest BCUT2D eigenvalue weighted by Gasteiger charge is -2.39. The molecule has 1 fully saturated rings. The maximum atomic E-state index is 12.5. The smallest absolute Gasteiger partial charge is 0.225 e. The number of nitrogens with two attached hydrogens (primary N) is 1. The summed E-state index contributed by atoms with van der Waals surface area (Å²) in [6.07, 6.45) is 0.0253. The molecule has 0 radical (unpaired) electrons. The van der Waals surface area contributed by atoms with Gasteiger partial charge in [-0.05, 0) is 25.0 Å². The van der Waals surface area contributed by atoms with Gasteiger partial charge in [-0.1, -0.05) is 24.3 Å². The molecule has 0 spiro atoms. The Labute approximate surface area is 132 Å². The van der Waals surface area contributed by atoms with Crippen molar-refractivity contribution < 1.29 is 14.3 Å². The number of methoxy groups -OCH3 is 1. The highest BCUT2D eigenvalue weighted by Crippen LogP contribution is 2.27. The third kappa shape index (κ3) is 3.85. The first-order valence-corrected chi connectivity index (χ1v) is 7.76. The highest BCUT2D eigenvalue weighted by molar-refractivity contribution is 5.77. The molecule has 1 amide bonds. The predicted octanol–water partition coefficient (Wildman–Crippen LogP) is 1.65. The number of aryl methyl sites for hydroxylation is 1. The number of morpholine rings is 1. The van der Waals surface area contributed by atoms with Crippen LogP contribution >= 0.6 is 0 Å². The topological polar surface area (TPSA) is 64.8 Å². The summed E-state index contributed by atoms with van der Waals surface area (Å²) in [5, 5.41) is 0. The van der Waals surface area contributed by atoms with E-state index in [1.54, 1.807) is 7.11 Å². The molecule has 1 aromatic carbocycles. The molecule has 0 bridgehead atoms. The molecule has 1 saturated heterocycles. The van der Waals surface area contributed by atoms with Crippen molar-refractivity contribution in [3.05, 3.63) is 35.4 Å². The largest absolute Gasteiger partial charge is 0.380 e. The second-order valence-corrected chi connectivity index (χ2v) is 5.87. The fourth-order valence-corrected chi connectivity index (χ4v) is 2.82. The standard InChI is InChI=1S/C17H26N2O3/c1-12-6-4-5-7-15(12)16-10-19(13(2)11-22-16)17(20)8-14(9-18)21-3/h4-7,13-14,16H,8-11,18H2,1-3H3. The predicted molar refractivity (Wildman–Crippen MR) is 85.5 cm³/mol. The van der Waals surface area contributed by atoms with Crippen molar-refractivity contribution in [3.8, 4) is 0 Å². The van der Waals surface area contributed by atoms with E-state index in [2.05, 4.69) is 19.1 Å². The van der Waals surface area contributed by atoms with Crippen molar-refractivity contribution in [2.24, 2.45) is 5.73 Å². The second-order valence-electron chi connectivity index (χ2n) is 5.87. The summed E-state index contributed by atoms with van der Waals surface area (Å²) in [6.45, 7) is 5.55. The normalized spacial score (nSPS) is 23.4. The molecule has 122 valence electrons. The van der Waals surface area contributed by atoms with Crippen LogP contribution in [0.4, 0.5) is 0 Å². The maximum Gasteiger partial charge on any atom is 0.225 e. The van der Waals surface area contributed by atoms with E-state index in [1.807, 2.05) is 24.0 Å². The van der Waals surface area contributed by atoms with Gasteiger partial charge in [0.1, 0.15) is 6.10 Å². The van der Waals surface area contributed by atoms with Crippen LogP contribution in [0.3, 0.4) is 0 Å². The molecule has 2 N–H and O–H groups in total. The molecule has 5 nitrogen and oxygen atoms in total. The summed E-state index contributed by atoms with van der Waals surface area (Å²) in [5.41, 5.74) is 7.95. The molecule has 1 heterocycles. The van der Waals surface area contributed by atoms with E-state index in [-0.39, 0.29) is 24.2 Å². The minimum Gasteiger partial charge on any atom is -0.380 e. The van der Waals surface area contributed by atoms with Gasteiger partial charge in [0, 0.05) is 13.7 Å². The fourth-order valence-electron chi connectivity index (χ4n) is 2.82. The van der Waals surface area contributed by atoms with Crippen LogP contribution in [0.5, 0.6) is 0 Å². The van der Waals surface area contributed by atoms with Crippen molar-refractivity contribution >= 4 is 5.91 Å². The highest BCUT2D eigenvalue weighted by atomic mass is 16.5. The van der Waals surface area contributed by atoms with Gasteiger partial charge in [-0.25, -0.2) is 0 Å². The summed E-state index contributed by atoms with van der Waals surface area (Å²) >= 11 is 0. The Hall–Kier alpha value is -1.43. The number of nitrogens with zero attached hydrogens (tertiary/aromatic N) is 1. The molecule has 0 aromatic heterocycles. The first kappa shape index (κ1) is 16.9. The number of carbonyl (C=O) groups is 1. The Morgan fingerprint density at radius 3 is 2.86 bits per heavy atom. The molecule has 1 aliphatic rings. The fraction of sp³-hybridized carbons (Fsp3) is 0.588. The Kier molecular flexibility index (Phi) is 5.94. The Balaban J connectivity index is 2.08. The monoisotopic (exact) mass is 306 g/mol. The number of rotatable bonds is 5. The molecular formula is C17H26N2O3. The molecule has 22 heavy (non-hydrogen) atoms. The van der Waals surface area contributed by atoms with Crippen molar-refractivity contribution in [2.45, 2.75) is 38.5 Å². The zero-order valence-electron chi connectivity index (χ0n) is 13.6. The Morgan fingerprint density at radius 1 is 1.50 bits per heavy atom. The lowest BCUT2D eigenvalue weighted by molar-refractivity contribution is -0.146. The zero-order chi connectivity index (χ0) is 16.1. The summed E-state index contributed by atoms with van der Waals surface area (Å²) < 4.78 is 11.2. The van der Waals surface area contributed by atoms with Crippen LogP contribution < -0.4 is 5.73 Å². The molecule has 1 aromatic rings. The summed E-state index contributed by atoms with van der Waals surface area (Å²) in [6, 6.07) is 8.22. The van der Waals surface area contributed by atoms with Crippen LogP contribution in [-0.4, -0.2) is 49.8 Å². The first-order valence-electron chi connectivity index (χ1n) is 7.76. The van der Waals surface area contributed by atoms with Crippen molar-refractivity contribution in [1.82, 2.24) is 4.90 Å². The average molecular weight is 306 g/mol. The van der Waals surface area contributed by atoms with Crippen LogP contribution in [0.25, 0.3) is 0 Å². The summed E-state index contributed by atoms with van der Waals surface area (Å²) in [7, 11) is 1.59. The van der Waals surface area contributed by atoms with E-state index in [0.717, 1.165) is 5.56 Å². The molecule has 3 atom stereocenters. The number of amides is 1. The molecule has 2 rings (SSSR count). The third-order valence-electron chi connectivity index (χ3n) is 4.29. The summed E-state index contributed by atoms with van der Waals surface area (Å²) in [4.78, 5) is 14.4. The van der Waals surface area contributed by atoms with Gasteiger partial charge < -0.3 is 20.1 Å². The quantitative estimate of drug-likeness (QED) is 0.898. The number of hydrogen-bond acceptors (Lipinski definition) is 4. The second kappa shape index (κ2) is 7.72. The molecule has 3 unspecified atom stereocenters. The van der Waals surface area contributed by atoms with E-state index in [4.69, 9.17) is 15.2 Å². The zero-order valence-corrected chi connectivity index (χ0v) is 13.6. The van der Waals surface area contributed by atoms with Gasteiger partial charge in [0.2, 0.25) is 5.91 Å². The van der Waals surface area contributed by atoms with Gasteiger partial charge in [0.25, 0.3) is 0 Å². The number of benzene rings is 1. The van der Waals surface area contributed by atoms with Gasteiger partial charge in [0.05, 0.1) is 31.7 Å². The molecular weight excluding hydrogens is 280 g/mol. The SMILES string of the molecule is COC(CN)CC(=O)N1CC(c2ccccc2C)OCC1C. The number of hydrogen-bond donors (Lipinski definition) is 1. The van der Waals surface area contributed by atoms with Gasteiger partial charge in [-0.15, -0.1) is 0 Å². The van der Waals surface area contributed by atoms with Gasteiger partial charge in [0.15, 0.2) is 0 Å². The number of carbonyl (C=O) groups excluding carboxylic acids is 1. The average Bonchev–Trinajstić information content (AvgIpc) is 2.53. The molecule has 1 aliphatic heterocycles. The van der Waals surface area contributed by atoms with Gasteiger partial charge in [-0.3, -0.25) is 4.79 Å². The Bertz CT molecular complexity index is 502. The summed E-state index contributed by atoms with van der Waals surface area (Å²) in [5.74, 6) is 0.0756. The van der Waals surface area contributed by atoms with Crippen LogP contribution in [0.15, 0.2) is 24.3 Å². The van der Waals surface area contributed by atoms with E-state index in [9.17, 15) is 4.79 Å². The number of ether oxygens (including phenoxy) is 2. The minimum atomic E-state index is -0.223. The van der Waals surface area contributed by atoms with Crippen molar-refractivity contribution in [1.29, 1.82) is 0 Å². The van der Waals surface area contributed by atoms with E-state index >= 15 is 0 Å². The van der Waals surface area contributed by atoms with Gasteiger partial charge in [-0.2, -0.15) is 0 Å². The first-order chi connectivity index (χ1) is 10.6.